The molecule has 6 heterocycles. The normalized spacial score (nSPS) is 19.4. The molecule has 5 aromatic rings. The van der Waals surface area contributed by atoms with Crippen molar-refractivity contribution in [2.75, 3.05) is 61.4 Å². The van der Waals surface area contributed by atoms with Gasteiger partial charge in [-0.3, -0.25) is 34.9 Å². The zero-order chi connectivity index (χ0) is 40.5. The predicted octanol–water partition coefficient (Wildman–Crippen LogP) is 5.62. The molecule has 3 amide bonds. The number of carbonyl (C=O) groups is 3. The van der Waals surface area contributed by atoms with Gasteiger partial charge in [0.2, 0.25) is 23.6 Å². The van der Waals surface area contributed by atoms with Crippen LogP contribution in [0.2, 0.25) is 0 Å². The average molecular weight is 795 g/mol. The van der Waals surface area contributed by atoms with E-state index in [1.54, 1.807) is 23.0 Å². The van der Waals surface area contributed by atoms with Gasteiger partial charge in [-0.25, -0.2) is 18.4 Å². The maximum Gasteiger partial charge on any atom is 0.258 e. The summed E-state index contributed by atoms with van der Waals surface area (Å²) in [6, 6.07) is 12.2. The van der Waals surface area contributed by atoms with Crippen LogP contribution in [0.15, 0.2) is 48.7 Å². The fourth-order valence-corrected chi connectivity index (χ4v) is 8.23. The highest BCUT2D eigenvalue weighted by molar-refractivity contribution is 6.05. The first-order valence-electron chi connectivity index (χ1n) is 20.0. The van der Waals surface area contributed by atoms with Crippen LogP contribution in [0.25, 0.3) is 22.3 Å². The molecule has 1 unspecified atom stereocenters. The first-order valence-corrected chi connectivity index (χ1v) is 20.0. The van der Waals surface area contributed by atoms with E-state index in [0.29, 0.717) is 54.2 Å². The van der Waals surface area contributed by atoms with Gasteiger partial charge in [-0.2, -0.15) is 5.10 Å². The number of pyridine rings is 1. The van der Waals surface area contributed by atoms with Gasteiger partial charge in [0, 0.05) is 80.9 Å². The van der Waals surface area contributed by atoms with E-state index in [9.17, 15) is 23.2 Å². The number of halogens is 2. The molecular formula is C42H48F2N10O4. The second kappa shape index (κ2) is 16.5. The summed E-state index contributed by atoms with van der Waals surface area (Å²) in [5.74, 6) is -2.59. The molecule has 8 rings (SSSR count). The molecule has 3 aliphatic rings. The van der Waals surface area contributed by atoms with Crippen LogP contribution < -0.4 is 25.6 Å². The minimum Gasteiger partial charge on any atom is -0.477 e. The number of amides is 3. The largest absolute Gasteiger partial charge is 0.477 e. The quantitative estimate of drug-likeness (QED) is 0.140. The SMILES string of the molecule is Cc1cc2cc(n1)-c1cnn(C)c1OCCC[C@@H](C)Cn1c(nc3ccc(N4CCN(CCCNc5cc(F)c(C6CCC(=O)NC6=O)c(F)c5)CC4)cc31)NC2=O. The number of hydrogen-bond donors (Lipinski definition) is 3. The monoisotopic (exact) mass is 794 g/mol. The topological polar surface area (TPSA) is 152 Å². The number of ether oxygens (including phenoxy) is 1. The van der Waals surface area contributed by atoms with Gasteiger partial charge in [-0.1, -0.05) is 6.92 Å². The number of benzene rings is 2. The number of piperazine rings is 1. The number of hydrogen-bond acceptors (Lipinski definition) is 10. The third-order valence-corrected chi connectivity index (χ3v) is 11.3. The standard InChI is InChI=1S/C42H48F2N10O4/c1-25-6-4-17-58-41-31(23-46-51(41)3)35-19-27(18-26(2)47-35)39(56)50-42-48-34-9-7-29(22-36(34)54(42)24-25)53-15-13-52(14-16-53)12-5-11-45-28-20-32(43)38(33(44)21-28)30-8-10-37(55)49-40(30)57/h7,9,18-23,25,30,45H,4-6,8,10-17,24H2,1-3H3,(H,48,50,56)(H,49,55,57)/t25-,30?/m1/s1. The Balaban J connectivity index is 0.909. The van der Waals surface area contributed by atoms with Crippen molar-refractivity contribution in [3.8, 4) is 17.1 Å². The number of piperidine rings is 1. The number of anilines is 3. The molecule has 58 heavy (non-hydrogen) atoms. The Hall–Kier alpha value is -5.90. The van der Waals surface area contributed by atoms with Crippen LogP contribution in [0.4, 0.5) is 26.1 Å². The van der Waals surface area contributed by atoms with Gasteiger partial charge in [-0.15, -0.1) is 0 Å². The molecule has 0 radical (unpaired) electrons. The Morgan fingerprint density at radius 2 is 1.76 bits per heavy atom. The van der Waals surface area contributed by atoms with E-state index in [1.807, 2.05) is 20.0 Å². The summed E-state index contributed by atoms with van der Waals surface area (Å²) in [6.07, 6.45) is 4.37. The maximum absolute atomic E-state index is 15.0. The molecule has 0 aliphatic carbocycles. The molecule has 2 fully saturated rings. The van der Waals surface area contributed by atoms with Crippen molar-refractivity contribution in [3.05, 3.63) is 77.1 Å². The van der Waals surface area contributed by atoms with Crippen molar-refractivity contribution in [2.45, 2.75) is 58.4 Å². The molecular weight excluding hydrogens is 747 g/mol. The van der Waals surface area contributed by atoms with Crippen LogP contribution in [0.5, 0.6) is 5.88 Å². The van der Waals surface area contributed by atoms with Gasteiger partial charge in [0.25, 0.3) is 5.91 Å². The second-order valence-corrected chi connectivity index (χ2v) is 15.6. The number of imide groups is 1. The lowest BCUT2D eigenvalue weighted by Crippen LogP contribution is -2.46. The number of aryl methyl sites for hydroxylation is 2. The minimum absolute atomic E-state index is 0.0478. The van der Waals surface area contributed by atoms with Crippen LogP contribution in [-0.2, 0) is 23.2 Å². The highest BCUT2D eigenvalue weighted by Crippen LogP contribution is 2.33. The van der Waals surface area contributed by atoms with Gasteiger partial charge >= 0.3 is 0 Å². The van der Waals surface area contributed by atoms with Gasteiger partial charge in [0.15, 0.2) is 0 Å². The minimum atomic E-state index is -1.02. The number of rotatable bonds is 7. The smallest absolute Gasteiger partial charge is 0.258 e. The van der Waals surface area contributed by atoms with E-state index in [0.717, 1.165) is 74.3 Å². The zero-order valence-corrected chi connectivity index (χ0v) is 33.0. The highest BCUT2D eigenvalue weighted by Gasteiger charge is 2.32. The van der Waals surface area contributed by atoms with E-state index in [2.05, 4.69) is 54.5 Å². The maximum atomic E-state index is 15.0. The van der Waals surface area contributed by atoms with Crippen LogP contribution in [0.1, 0.15) is 66.6 Å². The predicted molar refractivity (Wildman–Crippen MR) is 216 cm³/mol. The summed E-state index contributed by atoms with van der Waals surface area (Å²) in [6.45, 7) is 9.97. The zero-order valence-electron chi connectivity index (χ0n) is 33.0. The lowest BCUT2D eigenvalue weighted by molar-refractivity contribution is -0.134. The van der Waals surface area contributed by atoms with Gasteiger partial charge in [0.1, 0.15) is 11.6 Å². The molecule has 3 aliphatic heterocycles. The molecule has 2 atom stereocenters. The van der Waals surface area contributed by atoms with E-state index in [1.165, 1.54) is 12.1 Å². The fraction of sp³-hybridized carbons (Fsp3) is 0.429. The summed E-state index contributed by atoms with van der Waals surface area (Å²) in [5.41, 5.74) is 5.40. The number of fused-ring (bicyclic) bond motifs is 7. The summed E-state index contributed by atoms with van der Waals surface area (Å²) in [4.78, 5) is 51.8. The number of aromatic nitrogens is 5. The Labute approximate surface area is 334 Å². The number of imidazole rings is 1. The van der Waals surface area contributed by atoms with E-state index < -0.39 is 29.4 Å². The lowest BCUT2D eigenvalue weighted by atomic mass is 9.89. The van der Waals surface area contributed by atoms with Crippen LogP contribution >= 0.6 is 0 Å². The summed E-state index contributed by atoms with van der Waals surface area (Å²) in [7, 11) is 1.84. The number of carbonyl (C=O) groups excluding carboxylic acids is 3. The Morgan fingerprint density at radius 1 is 0.966 bits per heavy atom. The summed E-state index contributed by atoms with van der Waals surface area (Å²) in [5, 5.41) is 12.8. The lowest BCUT2D eigenvalue weighted by Gasteiger charge is -2.36. The Morgan fingerprint density at radius 3 is 2.53 bits per heavy atom. The molecule has 0 spiro atoms. The van der Waals surface area contributed by atoms with E-state index in [4.69, 9.17) is 14.7 Å². The van der Waals surface area contributed by atoms with Crippen molar-refractivity contribution in [1.29, 1.82) is 0 Å². The molecule has 2 aromatic carbocycles. The Bertz CT molecular complexity index is 2350. The van der Waals surface area contributed by atoms with Gasteiger partial charge < -0.3 is 19.5 Å². The first-order chi connectivity index (χ1) is 28.0. The van der Waals surface area contributed by atoms with Crippen molar-refractivity contribution >= 4 is 46.1 Å². The second-order valence-electron chi connectivity index (χ2n) is 15.6. The molecule has 3 N–H and O–H groups in total. The van der Waals surface area contributed by atoms with E-state index >= 15 is 0 Å². The fourth-order valence-electron chi connectivity index (χ4n) is 8.23. The molecule has 304 valence electrons. The van der Waals surface area contributed by atoms with Crippen LogP contribution in [-0.4, -0.2) is 92.8 Å². The molecule has 2 saturated heterocycles. The van der Waals surface area contributed by atoms with E-state index in [-0.39, 0.29) is 30.2 Å². The first kappa shape index (κ1) is 38.9. The average Bonchev–Trinajstić information content (AvgIpc) is 3.73. The Kier molecular flexibility index (Phi) is 11.1. The van der Waals surface area contributed by atoms with Crippen LogP contribution in [0, 0.1) is 24.5 Å². The van der Waals surface area contributed by atoms with Crippen molar-refractivity contribution in [1.82, 2.24) is 34.5 Å². The number of nitrogens with zero attached hydrogens (tertiary/aromatic N) is 7. The summed E-state index contributed by atoms with van der Waals surface area (Å²) >= 11 is 0. The highest BCUT2D eigenvalue weighted by atomic mass is 19.1. The molecule has 16 heteroatoms. The third kappa shape index (κ3) is 8.24. The van der Waals surface area contributed by atoms with Crippen molar-refractivity contribution in [3.63, 3.8) is 0 Å². The van der Waals surface area contributed by atoms with Gasteiger partial charge in [-0.05, 0) is 87.5 Å². The van der Waals surface area contributed by atoms with Crippen molar-refractivity contribution in [2.24, 2.45) is 13.0 Å². The molecule has 14 nitrogen and oxygen atoms in total. The molecule has 0 saturated carbocycles. The molecule has 3 aromatic heterocycles. The molecule has 2 bridgehead atoms. The summed E-state index contributed by atoms with van der Waals surface area (Å²) < 4.78 is 40.0. The van der Waals surface area contributed by atoms with Crippen LogP contribution in [0.3, 0.4) is 0 Å². The van der Waals surface area contributed by atoms with Crippen molar-refractivity contribution < 1.29 is 27.9 Å². The third-order valence-electron chi connectivity index (χ3n) is 11.3. The number of nitrogens with one attached hydrogen (secondary N) is 3. The van der Waals surface area contributed by atoms with Gasteiger partial charge in [0.05, 0.1) is 41.0 Å².